The zero-order valence-corrected chi connectivity index (χ0v) is 20.9. The molecule has 32 heavy (non-hydrogen) atoms. The number of anilines is 1. The van der Waals surface area contributed by atoms with Crippen LogP contribution in [0.2, 0.25) is 0 Å². The lowest BCUT2D eigenvalue weighted by atomic mass is 10.1. The Morgan fingerprint density at radius 2 is 1.53 bits per heavy atom. The Hall–Kier alpha value is -1.53. The lowest BCUT2D eigenvalue weighted by Gasteiger charge is -2.17. The van der Waals surface area contributed by atoms with Crippen molar-refractivity contribution in [2.24, 2.45) is 0 Å². The second-order valence-electron chi connectivity index (χ2n) is 8.88. The number of nitrogens with one attached hydrogen (secondary N) is 3. The smallest absolute Gasteiger partial charge is 0.238 e. The summed E-state index contributed by atoms with van der Waals surface area (Å²) in [5, 5.41) is 9.41. The number of unbranched alkanes of at least 4 members (excludes halogenated alkanes) is 11. The summed E-state index contributed by atoms with van der Waals surface area (Å²) in [6, 6.07) is 7.59. The van der Waals surface area contributed by atoms with Crippen molar-refractivity contribution in [1.29, 1.82) is 0 Å². The molecule has 0 aliphatic carbocycles. The first-order chi connectivity index (χ1) is 15.6. The number of carbonyl (C=O) groups is 2. The maximum atomic E-state index is 12.5. The first-order valence-electron chi connectivity index (χ1n) is 12.6. The van der Waals surface area contributed by atoms with E-state index in [2.05, 4.69) is 22.9 Å². The minimum absolute atomic E-state index is 0.0143. The van der Waals surface area contributed by atoms with Gasteiger partial charge < -0.3 is 10.6 Å². The fourth-order valence-electron chi connectivity index (χ4n) is 4.13. The number of hydrogen-bond acceptors (Lipinski definition) is 4. The minimum atomic E-state index is -0.187. The number of rotatable bonds is 16. The van der Waals surface area contributed by atoms with Crippen molar-refractivity contribution in [3.8, 4) is 0 Å². The molecule has 0 aromatic heterocycles. The first kappa shape index (κ1) is 26.7. The zero-order valence-electron chi connectivity index (χ0n) is 20.1. The van der Waals surface area contributed by atoms with Crippen molar-refractivity contribution in [1.82, 2.24) is 10.6 Å². The molecule has 1 aliphatic heterocycles. The number of para-hydroxylation sites is 1. The number of carbonyl (C=O) groups excluding carboxylic acids is 2. The van der Waals surface area contributed by atoms with E-state index >= 15 is 0 Å². The largest absolute Gasteiger partial charge is 0.355 e. The van der Waals surface area contributed by atoms with E-state index in [9.17, 15) is 9.59 Å². The van der Waals surface area contributed by atoms with Crippen LogP contribution in [0.15, 0.2) is 24.3 Å². The summed E-state index contributed by atoms with van der Waals surface area (Å²) >= 11 is 1.71. The summed E-state index contributed by atoms with van der Waals surface area (Å²) in [7, 11) is 0. The predicted octanol–water partition coefficient (Wildman–Crippen LogP) is 6.17. The monoisotopic (exact) mass is 461 g/mol. The van der Waals surface area contributed by atoms with Crippen LogP contribution in [-0.2, 0) is 9.59 Å². The standard InChI is InChI=1S/C26H43N3O2S/c1-3-4-5-6-7-8-9-10-11-12-13-16-19-27-25(31)24-20-32-26(29-24)22-17-14-15-18-23(22)28-21(2)30/h14-15,17-18,24,26,29H,3-13,16,19-20H2,1-2H3,(H,27,31)(H,28,30)/t24-,26?/m0/s1. The van der Waals surface area contributed by atoms with Gasteiger partial charge in [-0.2, -0.15) is 0 Å². The Labute approximate surface area is 199 Å². The van der Waals surface area contributed by atoms with Crippen LogP contribution < -0.4 is 16.0 Å². The topological polar surface area (TPSA) is 70.2 Å². The summed E-state index contributed by atoms with van der Waals surface area (Å²) < 4.78 is 0. The second-order valence-corrected chi connectivity index (χ2v) is 10.0. The molecule has 0 bridgehead atoms. The lowest BCUT2D eigenvalue weighted by Crippen LogP contribution is -2.42. The SMILES string of the molecule is CCCCCCCCCCCCCCNC(=O)[C@@H]1CSC(c2ccccc2NC(C)=O)N1. The highest BCUT2D eigenvalue weighted by Crippen LogP contribution is 2.36. The van der Waals surface area contributed by atoms with Gasteiger partial charge in [0.2, 0.25) is 11.8 Å². The highest BCUT2D eigenvalue weighted by atomic mass is 32.2. The number of thioether (sulfide) groups is 1. The van der Waals surface area contributed by atoms with E-state index in [1.165, 1.54) is 77.6 Å². The van der Waals surface area contributed by atoms with Crippen LogP contribution in [0.5, 0.6) is 0 Å². The molecule has 2 amide bonds. The third-order valence-corrected chi connectivity index (χ3v) is 7.23. The molecule has 1 saturated heterocycles. The van der Waals surface area contributed by atoms with Crippen LogP contribution in [0, 0.1) is 0 Å². The van der Waals surface area contributed by atoms with Crippen LogP contribution in [0.25, 0.3) is 0 Å². The maximum Gasteiger partial charge on any atom is 0.238 e. The average Bonchev–Trinajstić information content (AvgIpc) is 3.27. The summed E-state index contributed by atoms with van der Waals surface area (Å²) in [4.78, 5) is 24.0. The molecule has 1 fully saturated rings. The van der Waals surface area contributed by atoms with Gasteiger partial charge >= 0.3 is 0 Å². The average molecular weight is 462 g/mol. The van der Waals surface area contributed by atoms with Crippen molar-refractivity contribution >= 4 is 29.3 Å². The van der Waals surface area contributed by atoms with Gasteiger partial charge in [0, 0.05) is 30.5 Å². The molecule has 1 aromatic carbocycles. The van der Waals surface area contributed by atoms with Gasteiger partial charge in [0.05, 0.1) is 11.4 Å². The third kappa shape index (κ3) is 10.4. The molecule has 2 atom stereocenters. The molecule has 0 radical (unpaired) electrons. The Bertz CT molecular complexity index is 683. The Balaban J connectivity index is 1.53. The molecule has 6 heteroatoms. The fraction of sp³-hybridized carbons (Fsp3) is 0.692. The molecular weight excluding hydrogens is 418 g/mol. The van der Waals surface area contributed by atoms with Gasteiger partial charge in [-0.25, -0.2) is 0 Å². The van der Waals surface area contributed by atoms with Crippen molar-refractivity contribution in [3.63, 3.8) is 0 Å². The Kier molecular flexibility index (Phi) is 13.5. The van der Waals surface area contributed by atoms with E-state index in [1.54, 1.807) is 11.8 Å². The predicted molar refractivity (Wildman–Crippen MR) is 137 cm³/mol. The molecule has 5 nitrogen and oxygen atoms in total. The molecule has 0 spiro atoms. The highest BCUT2D eigenvalue weighted by molar-refractivity contribution is 7.99. The van der Waals surface area contributed by atoms with Gasteiger partial charge in [-0.3, -0.25) is 14.9 Å². The summed E-state index contributed by atoms with van der Waals surface area (Å²) in [5.74, 6) is 0.737. The van der Waals surface area contributed by atoms with E-state index in [-0.39, 0.29) is 23.2 Å². The highest BCUT2D eigenvalue weighted by Gasteiger charge is 2.31. The van der Waals surface area contributed by atoms with Crippen LogP contribution in [-0.4, -0.2) is 30.2 Å². The van der Waals surface area contributed by atoms with E-state index in [1.807, 2.05) is 24.3 Å². The van der Waals surface area contributed by atoms with Gasteiger partial charge in [-0.15, -0.1) is 11.8 Å². The molecule has 1 unspecified atom stereocenters. The number of amides is 2. The summed E-state index contributed by atoms with van der Waals surface area (Å²) in [6.07, 6.45) is 15.9. The normalized spacial score (nSPS) is 17.9. The molecule has 3 N–H and O–H groups in total. The van der Waals surface area contributed by atoms with Gasteiger partial charge in [0.25, 0.3) is 0 Å². The van der Waals surface area contributed by atoms with E-state index in [0.717, 1.165) is 30.0 Å². The van der Waals surface area contributed by atoms with Crippen LogP contribution in [0.4, 0.5) is 5.69 Å². The molecule has 2 rings (SSSR count). The quantitative estimate of drug-likeness (QED) is 0.258. The van der Waals surface area contributed by atoms with Crippen LogP contribution >= 0.6 is 11.8 Å². The summed E-state index contributed by atoms with van der Waals surface area (Å²) in [6.45, 7) is 4.53. The second kappa shape index (κ2) is 16.1. The van der Waals surface area contributed by atoms with Gasteiger partial charge in [-0.05, 0) is 12.5 Å². The molecule has 180 valence electrons. The molecule has 0 saturated carbocycles. The van der Waals surface area contributed by atoms with Gasteiger partial charge in [0.1, 0.15) is 0 Å². The Morgan fingerprint density at radius 1 is 0.938 bits per heavy atom. The molecule has 1 aliphatic rings. The zero-order chi connectivity index (χ0) is 23.0. The number of hydrogen-bond donors (Lipinski definition) is 3. The minimum Gasteiger partial charge on any atom is -0.355 e. The summed E-state index contributed by atoms with van der Waals surface area (Å²) in [5.41, 5.74) is 1.83. The van der Waals surface area contributed by atoms with Crippen LogP contribution in [0.3, 0.4) is 0 Å². The first-order valence-corrected chi connectivity index (χ1v) is 13.7. The molecular formula is C26H43N3O2S. The van der Waals surface area contributed by atoms with Crippen molar-refractivity contribution in [3.05, 3.63) is 29.8 Å². The fourth-order valence-corrected chi connectivity index (χ4v) is 5.41. The lowest BCUT2D eigenvalue weighted by molar-refractivity contribution is -0.122. The van der Waals surface area contributed by atoms with E-state index < -0.39 is 0 Å². The Morgan fingerprint density at radius 3 is 2.16 bits per heavy atom. The van der Waals surface area contributed by atoms with Crippen molar-refractivity contribution in [2.75, 3.05) is 17.6 Å². The maximum absolute atomic E-state index is 12.5. The van der Waals surface area contributed by atoms with Crippen molar-refractivity contribution in [2.45, 2.75) is 102 Å². The van der Waals surface area contributed by atoms with Crippen LogP contribution in [0.1, 0.15) is 102 Å². The van der Waals surface area contributed by atoms with E-state index in [0.29, 0.717) is 0 Å². The van der Waals surface area contributed by atoms with Gasteiger partial charge in [-0.1, -0.05) is 95.8 Å². The number of benzene rings is 1. The third-order valence-electron chi connectivity index (χ3n) is 5.98. The van der Waals surface area contributed by atoms with Gasteiger partial charge in [0.15, 0.2) is 0 Å². The molecule has 1 heterocycles. The van der Waals surface area contributed by atoms with E-state index in [4.69, 9.17) is 0 Å². The molecule has 1 aromatic rings. The van der Waals surface area contributed by atoms with Crippen molar-refractivity contribution < 1.29 is 9.59 Å².